The van der Waals surface area contributed by atoms with Gasteiger partial charge >= 0.3 is 5.97 Å². The number of rotatable bonds is 3. The van der Waals surface area contributed by atoms with Gasteiger partial charge in [-0.05, 0) is 56.6 Å². The molecule has 3 rings (SSSR count). The van der Waals surface area contributed by atoms with Crippen LogP contribution in [0.2, 0.25) is 0 Å². The largest absolute Gasteiger partial charge is 0.469 e. The van der Waals surface area contributed by atoms with Gasteiger partial charge < -0.3 is 14.3 Å². The molecule has 0 amide bonds. The molecule has 1 fully saturated rings. The van der Waals surface area contributed by atoms with Crippen LogP contribution in [0.3, 0.4) is 0 Å². The first-order chi connectivity index (χ1) is 11.7. The van der Waals surface area contributed by atoms with Crippen molar-refractivity contribution in [2.45, 2.75) is 78.4 Å². The van der Waals surface area contributed by atoms with Gasteiger partial charge in [-0.3, -0.25) is 0 Å². The molecular weight excluding hydrogens is 316 g/mol. The number of aliphatic hydroxyl groups is 1. The smallest absolute Gasteiger partial charge is 0.331 e. The van der Waals surface area contributed by atoms with Crippen LogP contribution < -0.4 is 0 Å². The van der Waals surface area contributed by atoms with Crippen LogP contribution in [0.25, 0.3) is 0 Å². The van der Waals surface area contributed by atoms with Gasteiger partial charge in [-0.25, -0.2) is 4.79 Å². The number of fused-ring (bicyclic) bond motifs is 2. The van der Waals surface area contributed by atoms with Gasteiger partial charge in [0, 0.05) is 17.9 Å². The lowest BCUT2D eigenvalue weighted by atomic mass is 9.52. The summed E-state index contributed by atoms with van der Waals surface area (Å²) in [6.45, 7) is 10.3. The van der Waals surface area contributed by atoms with Crippen LogP contribution in [0.5, 0.6) is 0 Å². The SMILES string of the molecule is CCC(C)=CC(=O)O[C@H]1CC[C@@H](C)[C@@]2(C)Cc3c(C)coc3C[C@@]12O. The second-order valence-corrected chi connectivity index (χ2v) is 8.26. The summed E-state index contributed by atoms with van der Waals surface area (Å²) in [4.78, 5) is 12.3. The molecule has 0 saturated heterocycles. The fraction of sp³-hybridized carbons (Fsp3) is 0.667. The zero-order valence-electron chi connectivity index (χ0n) is 16.0. The molecule has 2 aliphatic carbocycles. The van der Waals surface area contributed by atoms with E-state index in [0.29, 0.717) is 18.8 Å². The molecule has 0 unspecified atom stereocenters. The van der Waals surface area contributed by atoms with Crippen LogP contribution in [-0.2, 0) is 22.4 Å². The molecule has 0 bridgehead atoms. The van der Waals surface area contributed by atoms with Crippen LogP contribution in [-0.4, -0.2) is 22.8 Å². The molecule has 0 spiro atoms. The molecule has 4 heteroatoms. The molecule has 1 aromatic rings. The predicted octanol–water partition coefficient (Wildman–Crippen LogP) is 4.12. The molecule has 1 aromatic heterocycles. The molecule has 0 aromatic carbocycles. The first-order valence-electron chi connectivity index (χ1n) is 9.37. The van der Waals surface area contributed by atoms with Gasteiger partial charge in [0.25, 0.3) is 0 Å². The Morgan fingerprint density at radius 1 is 1.44 bits per heavy atom. The fourth-order valence-corrected chi connectivity index (χ4v) is 4.55. The molecule has 0 aliphatic heterocycles. The van der Waals surface area contributed by atoms with Crippen molar-refractivity contribution >= 4 is 5.97 Å². The van der Waals surface area contributed by atoms with Crippen LogP contribution in [0.1, 0.15) is 63.8 Å². The van der Waals surface area contributed by atoms with E-state index in [9.17, 15) is 9.90 Å². The van der Waals surface area contributed by atoms with E-state index in [2.05, 4.69) is 20.8 Å². The predicted molar refractivity (Wildman–Crippen MR) is 96.2 cm³/mol. The van der Waals surface area contributed by atoms with Gasteiger partial charge in [0.05, 0.1) is 6.26 Å². The molecule has 4 nitrogen and oxygen atoms in total. The Morgan fingerprint density at radius 2 is 2.16 bits per heavy atom. The summed E-state index contributed by atoms with van der Waals surface area (Å²) in [5.41, 5.74) is 1.92. The zero-order chi connectivity index (χ0) is 18.4. The number of allylic oxidation sites excluding steroid dienone is 1. The third-order valence-corrected chi connectivity index (χ3v) is 6.82. The van der Waals surface area contributed by atoms with Crippen LogP contribution in [0.4, 0.5) is 0 Å². The first kappa shape index (κ1) is 18.2. The first-order valence-corrected chi connectivity index (χ1v) is 9.37. The van der Waals surface area contributed by atoms with Crippen molar-refractivity contribution in [2.24, 2.45) is 11.3 Å². The Morgan fingerprint density at radius 3 is 2.84 bits per heavy atom. The lowest BCUT2D eigenvalue weighted by Gasteiger charge is -2.57. The van der Waals surface area contributed by atoms with E-state index in [4.69, 9.17) is 9.15 Å². The van der Waals surface area contributed by atoms with Crippen molar-refractivity contribution in [1.82, 2.24) is 0 Å². The van der Waals surface area contributed by atoms with E-state index in [1.807, 2.05) is 13.8 Å². The number of furan rings is 1. The van der Waals surface area contributed by atoms with E-state index >= 15 is 0 Å². The Hall–Kier alpha value is -1.55. The number of ether oxygens (including phenoxy) is 1. The summed E-state index contributed by atoms with van der Waals surface area (Å²) in [5.74, 6) is 0.840. The highest BCUT2D eigenvalue weighted by molar-refractivity contribution is 5.83. The Balaban J connectivity index is 1.94. The van der Waals surface area contributed by atoms with Crippen LogP contribution in [0, 0.1) is 18.3 Å². The Bertz CT molecular complexity index is 701. The second kappa shape index (κ2) is 6.31. The molecule has 0 radical (unpaired) electrons. The maximum atomic E-state index is 12.3. The summed E-state index contributed by atoms with van der Waals surface area (Å²) < 4.78 is 11.5. The van der Waals surface area contributed by atoms with Crippen molar-refractivity contribution in [3.05, 3.63) is 34.8 Å². The number of esters is 1. The summed E-state index contributed by atoms with van der Waals surface area (Å²) in [5, 5.41) is 11.7. The molecule has 2 aliphatic rings. The van der Waals surface area contributed by atoms with Gasteiger partial charge in [0.15, 0.2) is 0 Å². The maximum absolute atomic E-state index is 12.3. The lowest BCUT2D eigenvalue weighted by molar-refractivity contribution is -0.217. The van der Waals surface area contributed by atoms with Gasteiger partial charge in [-0.15, -0.1) is 0 Å². The molecule has 1 N–H and O–H groups in total. The molecule has 1 saturated carbocycles. The highest BCUT2D eigenvalue weighted by Crippen LogP contribution is 2.55. The summed E-state index contributed by atoms with van der Waals surface area (Å²) in [7, 11) is 0. The maximum Gasteiger partial charge on any atom is 0.331 e. The minimum Gasteiger partial charge on any atom is -0.469 e. The van der Waals surface area contributed by atoms with E-state index in [1.54, 1.807) is 12.3 Å². The second-order valence-electron chi connectivity index (χ2n) is 8.26. The van der Waals surface area contributed by atoms with Crippen molar-refractivity contribution in [3.63, 3.8) is 0 Å². The number of hydrogen-bond acceptors (Lipinski definition) is 4. The van der Waals surface area contributed by atoms with Gasteiger partial charge in [-0.2, -0.15) is 0 Å². The monoisotopic (exact) mass is 346 g/mol. The highest BCUT2D eigenvalue weighted by atomic mass is 16.6. The van der Waals surface area contributed by atoms with Crippen LogP contribution in [0.15, 0.2) is 22.3 Å². The van der Waals surface area contributed by atoms with Crippen molar-refractivity contribution in [2.75, 3.05) is 0 Å². The molecule has 138 valence electrons. The quantitative estimate of drug-likeness (QED) is 0.660. The molecule has 4 atom stereocenters. The summed E-state index contributed by atoms with van der Waals surface area (Å²) >= 11 is 0. The van der Waals surface area contributed by atoms with Crippen molar-refractivity contribution in [1.29, 1.82) is 0 Å². The van der Waals surface area contributed by atoms with E-state index in [-0.39, 0.29) is 11.4 Å². The highest BCUT2D eigenvalue weighted by Gasteiger charge is 2.61. The van der Waals surface area contributed by atoms with Gasteiger partial charge in [-0.1, -0.05) is 26.3 Å². The molecular formula is C21H30O4. The van der Waals surface area contributed by atoms with E-state index in [1.165, 1.54) is 5.56 Å². The fourth-order valence-electron chi connectivity index (χ4n) is 4.55. The Labute approximate surface area is 150 Å². The summed E-state index contributed by atoms with van der Waals surface area (Å²) in [6, 6.07) is 0. The number of carbonyl (C=O) groups excluding carboxylic acids is 1. The third-order valence-electron chi connectivity index (χ3n) is 6.82. The average Bonchev–Trinajstić information content (AvgIpc) is 2.90. The number of carbonyl (C=O) groups is 1. The third kappa shape index (κ3) is 2.84. The number of hydrogen-bond donors (Lipinski definition) is 1. The average molecular weight is 346 g/mol. The topological polar surface area (TPSA) is 59.7 Å². The minimum absolute atomic E-state index is 0.332. The van der Waals surface area contributed by atoms with Gasteiger partial charge in [0.1, 0.15) is 17.5 Å². The van der Waals surface area contributed by atoms with Gasteiger partial charge in [0.2, 0.25) is 0 Å². The standard InChI is InChI=1S/C21H30O4/c1-6-13(2)9-19(22)25-18-8-7-15(4)20(5)10-16-14(3)12-24-17(16)11-21(18,20)23/h9,12,15,18,23H,6-8,10-11H2,1-5H3/t15-,18+,20-,21-/m1/s1. The molecule has 25 heavy (non-hydrogen) atoms. The minimum atomic E-state index is -1.09. The summed E-state index contributed by atoms with van der Waals surface area (Å²) in [6.07, 6.45) is 6.43. The van der Waals surface area contributed by atoms with Crippen LogP contribution >= 0.6 is 0 Å². The molecule has 1 heterocycles. The number of aryl methyl sites for hydroxylation is 1. The Kier molecular flexibility index (Phi) is 4.61. The van der Waals surface area contributed by atoms with E-state index < -0.39 is 11.7 Å². The normalized spacial score (nSPS) is 35.0. The van der Waals surface area contributed by atoms with Crippen molar-refractivity contribution < 1.29 is 19.1 Å². The zero-order valence-corrected chi connectivity index (χ0v) is 16.0. The van der Waals surface area contributed by atoms with Crippen molar-refractivity contribution in [3.8, 4) is 0 Å². The van der Waals surface area contributed by atoms with E-state index in [0.717, 1.165) is 36.2 Å². The lowest BCUT2D eigenvalue weighted by Crippen LogP contribution is -2.65.